The van der Waals surface area contributed by atoms with Crippen LogP contribution in [0.3, 0.4) is 0 Å². The van der Waals surface area contributed by atoms with Gasteiger partial charge in [0.2, 0.25) is 0 Å². The van der Waals surface area contributed by atoms with Gasteiger partial charge in [-0.1, -0.05) is 660 Å². The Bertz CT molecular complexity index is 2480. The third kappa shape index (κ3) is 140. The summed E-state index contributed by atoms with van der Waals surface area (Å²) in [5, 5.41) is 2.62. The van der Waals surface area contributed by atoms with E-state index in [2.05, 4.69) is 373 Å². The molecule has 0 nitrogen and oxygen atoms in total. The topological polar surface area (TPSA) is 0 Å². The van der Waals surface area contributed by atoms with Crippen molar-refractivity contribution in [1.82, 2.24) is 0 Å². The molecule has 5 aliphatic rings. The van der Waals surface area contributed by atoms with Crippen molar-refractivity contribution in [2.75, 3.05) is 0 Å². The average molecular weight is 1660 g/mol. The number of benzene rings is 8. The normalized spacial score (nSPS) is 9.96. The fourth-order valence-corrected chi connectivity index (χ4v) is 8.77. The van der Waals surface area contributed by atoms with E-state index in [1.54, 1.807) is 11.1 Å². The summed E-state index contributed by atoms with van der Waals surface area (Å²) in [5.74, 6) is 0. The number of rotatable bonds is 5. The molecule has 5 aliphatic carbocycles. The van der Waals surface area contributed by atoms with Crippen molar-refractivity contribution >= 4 is 10.8 Å². The van der Waals surface area contributed by atoms with Crippen LogP contribution < -0.4 is 0 Å². The van der Waals surface area contributed by atoms with Gasteiger partial charge in [-0.15, -0.1) is 0 Å². The maximum Gasteiger partial charge on any atom is -0.00258 e. The maximum atomic E-state index is 2.24. The van der Waals surface area contributed by atoms with Gasteiger partial charge in [0.1, 0.15) is 0 Å². The van der Waals surface area contributed by atoms with Gasteiger partial charge in [0.25, 0.3) is 0 Å². The summed E-state index contributed by atoms with van der Waals surface area (Å²) in [4.78, 5) is 0. The van der Waals surface area contributed by atoms with Gasteiger partial charge in [0, 0.05) is 0 Å². The Balaban J connectivity index is -0.0000000685. The van der Waals surface area contributed by atoms with E-state index in [0.717, 1.165) is 38.5 Å². The lowest BCUT2D eigenvalue weighted by Crippen LogP contribution is -1.85. The lowest BCUT2D eigenvalue weighted by Gasteiger charge is -2.00. The summed E-state index contributed by atoms with van der Waals surface area (Å²) in [5.41, 5.74) is 10.1. The molecule has 8 aromatic carbocycles. The van der Waals surface area contributed by atoms with Crippen molar-refractivity contribution < 1.29 is 0 Å². The molecule has 0 aliphatic heterocycles. The summed E-state index contributed by atoms with van der Waals surface area (Å²) in [6.07, 6.45) is 51.2. The van der Waals surface area contributed by atoms with E-state index in [-0.39, 0.29) is 7.43 Å². The van der Waals surface area contributed by atoms with Gasteiger partial charge >= 0.3 is 0 Å². The van der Waals surface area contributed by atoms with E-state index in [1.807, 2.05) is 171 Å². The lowest BCUT2D eigenvalue weighted by molar-refractivity contribution is 0.886. The molecule has 0 spiro atoms. The zero-order valence-corrected chi connectivity index (χ0v) is 87.9. The van der Waals surface area contributed by atoms with Crippen LogP contribution in [0.4, 0.5) is 0 Å². The molecular weight excluding hydrogens is 1440 g/mol. The zero-order chi connectivity index (χ0) is 94.4. The number of allylic oxidation sites excluding steroid dienone is 8. The molecule has 0 N–H and O–H groups in total. The van der Waals surface area contributed by atoms with E-state index >= 15 is 0 Å². The number of hydrogen-bond acceptors (Lipinski definition) is 0. The molecule has 0 unspecified atom stereocenters. The largest absolute Gasteiger partial charge is 0.0808 e. The van der Waals surface area contributed by atoms with Crippen molar-refractivity contribution in [3.8, 4) is 0 Å². The molecule has 2 saturated carbocycles. The Kier molecular flexibility index (Phi) is 209. The van der Waals surface area contributed by atoms with Gasteiger partial charge in [-0.25, -0.2) is 0 Å². The highest BCUT2D eigenvalue weighted by Gasteiger charge is 2.07. The molecule has 2 fully saturated rings. The summed E-state index contributed by atoms with van der Waals surface area (Å²) >= 11 is 0. The van der Waals surface area contributed by atoms with E-state index in [0.29, 0.717) is 0 Å². The summed E-state index contributed by atoms with van der Waals surface area (Å²) in [6, 6.07) is 77.9. The first-order valence-corrected chi connectivity index (χ1v) is 49.9. The van der Waals surface area contributed by atoms with Gasteiger partial charge in [-0.2, -0.15) is 0 Å². The van der Waals surface area contributed by atoms with Crippen LogP contribution >= 0.6 is 0 Å². The number of fused-ring (bicyclic) bond motifs is 2. The van der Waals surface area contributed by atoms with Crippen LogP contribution in [0.1, 0.15) is 445 Å². The van der Waals surface area contributed by atoms with Crippen molar-refractivity contribution in [3.63, 3.8) is 0 Å². The van der Waals surface area contributed by atoms with Gasteiger partial charge in [0.05, 0.1) is 0 Å². The first kappa shape index (κ1) is 151. The van der Waals surface area contributed by atoms with Crippen LogP contribution in [0.15, 0.2) is 273 Å². The minimum absolute atomic E-state index is 0. The zero-order valence-electron chi connectivity index (χ0n) is 87.9. The lowest BCUT2D eigenvalue weighted by atomic mass is 10.1. The van der Waals surface area contributed by atoms with Crippen molar-refractivity contribution in [2.24, 2.45) is 0 Å². The van der Waals surface area contributed by atoms with E-state index < -0.39 is 0 Å². The average Bonchev–Trinajstić information content (AvgIpc) is 1.63. The highest BCUT2D eigenvalue weighted by molar-refractivity contribution is 5.82. The minimum Gasteiger partial charge on any atom is -0.0808 e. The maximum absolute atomic E-state index is 2.24. The quantitative estimate of drug-likeness (QED) is 0.161. The Morgan fingerprint density at radius 3 is 0.450 bits per heavy atom. The third-order valence-corrected chi connectivity index (χ3v) is 13.3. The Labute approximate surface area is 762 Å². The fraction of sp³-hybridized carbons (Fsp3) is 0.550. The van der Waals surface area contributed by atoms with Crippen molar-refractivity contribution in [2.45, 2.75) is 444 Å². The summed E-state index contributed by atoms with van der Waals surface area (Å²) in [7, 11) is 0. The summed E-state index contributed by atoms with van der Waals surface area (Å²) < 4.78 is 0. The highest BCUT2D eigenvalue weighted by Crippen LogP contribution is 2.20. The molecule has 0 aromatic heterocycles. The van der Waals surface area contributed by atoms with Crippen LogP contribution in [0.25, 0.3) is 10.8 Å². The molecular formula is C120H218. The Morgan fingerprint density at radius 1 is 0.175 bits per heavy atom. The molecule has 0 bridgehead atoms. The van der Waals surface area contributed by atoms with Gasteiger partial charge < -0.3 is 0 Å². The van der Waals surface area contributed by atoms with Crippen LogP contribution in [0.2, 0.25) is 0 Å². The Hall–Kier alpha value is -7.02. The van der Waals surface area contributed by atoms with Crippen LogP contribution in [0, 0.1) is 0 Å². The smallest absolute Gasteiger partial charge is 0.00258 e. The second-order valence-electron chi connectivity index (χ2n) is 24.3. The molecule has 0 heteroatoms. The second kappa shape index (κ2) is 167. The summed E-state index contributed by atoms with van der Waals surface area (Å²) in [6.45, 7) is 80.2. The van der Waals surface area contributed by atoms with Crippen molar-refractivity contribution in [3.05, 3.63) is 312 Å². The molecule has 8 aromatic rings. The van der Waals surface area contributed by atoms with E-state index in [1.165, 1.54) is 167 Å². The van der Waals surface area contributed by atoms with Gasteiger partial charge in [-0.3, -0.25) is 0 Å². The van der Waals surface area contributed by atoms with Crippen LogP contribution in [-0.4, -0.2) is 0 Å². The molecule has 0 saturated heterocycles. The monoisotopic (exact) mass is 1660 g/mol. The Morgan fingerprint density at radius 2 is 0.317 bits per heavy atom. The second-order valence-corrected chi connectivity index (χ2v) is 24.3. The molecule has 0 amide bonds. The molecule has 0 atom stereocenters. The standard InChI is InChI=1S/C13H12.C10H8.C9H10.3C8H10.2C5H10.2C5H6.7C3H8.11C2H6.CH4/c1-3-7-12(8-4-1)11-13-9-5-2-6-10-13;1-2-6-10-8-4-3-7-9(10)5-1;1-2-5-9-7-3-6-8(9)4-1;3*1-2-8-6-4-3-5-7-8;4*1-2-4-5-3-1;7*1-3-2;11*1-2;/h1-10H,11H2;1-8H;1-2,4-5H,3,6-7H2;3*3-7H,2H2,1H3;2*1-5H2;2*1-4H,5H2;7*3H2,1-2H3;11*1-2H3;1H4. The number of aryl methyl sites for hydroxylation is 5. The van der Waals surface area contributed by atoms with E-state index in [4.69, 9.17) is 0 Å². The van der Waals surface area contributed by atoms with Crippen molar-refractivity contribution in [1.29, 1.82) is 0 Å². The molecule has 0 radical (unpaired) electrons. The number of hydrogen-bond donors (Lipinski definition) is 0. The fourth-order valence-electron chi connectivity index (χ4n) is 8.77. The highest BCUT2D eigenvalue weighted by atomic mass is 14.1. The minimum atomic E-state index is 0. The SMILES string of the molecule is C.C1=CCC=C1.C1=CCC=C1.C1CCCC1.C1CCCC1.CC.CC.CC.CC.CC.CC.CC.CC.CC.CC.CC.CCC.CCC.CCC.CCC.CCC.CCC.CCC.CCc1ccccc1.CCc1ccccc1.CCc1ccccc1.c1ccc(Cc2ccccc2)cc1.c1ccc2c(c1)CCC2.c1ccc2ccccc2c1. The molecule has 120 heavy (non-hydrogen) atoms. The first-order valence-electron chi connectivity index (χ1n) is 49.9. The van der Waals surface area contributed by atoms with Crippen LogP contribution in [0.5, 0.6) is 0 Å². The predicted octanol–water partition coefficient (Wildman–Crippen LogP) is 43.8. The van der Waals surface area contributed by atoms with Gasteiger partial charge in [-0.05, 0) is 108 Å². The van der Waals surface area contributed by atoms with E-state index in [9.17, 15) is 0 Å². The first-order chi connectivity index (χ1) is 58.6. The third-order valence-electron chi connectivity index (χ3n) is 13.3. The van der Waals surface area contributed by atoms with Crippen LogP contribution in [-0.2, 0) is 38.5 Å². The molecule has 0 heterocycles. The van der Waals surface area contributed by atoms with Gasteiger partial charge in [0.15, 0.2) is 0 Å². The molecule has 13 rings (SSSR count). The predicted molar refractivity (Wildman–Crippen MR) is 581 cm³/mol. The molecule has 698 valence electrons.